The quantitative estimate of drug-likeness (QED) is 0.866. The monoisotopic (exact) mass is 277 g/mol. The third-order valence-corrected chi connectivity index (χ3v) is 4.02. The van der Waals surface area contributed by atoms with E-state index >= 15 is 0 Å². The number of carbonyl (C=O) groups is 1. The van der Waals surface area contributed by atoms with E-state index in [-0.39, 0.29) is 12.5 Å². The normalized spacial score (nSPS) is 17.5. The molecule has 0 radical (unpaired) electrons. The Morgan fingerprint density at radius 2 is 2.10 bits per heavy atom. The highest BCUT2D eigenvalue weighted by Crippen LogP contribution is 2.27. The second kappa shape index (κ2) is 6.75. The fourth-order valence-corrected chi connectivity index (χ4v) is 2.86. The first kappa shape index (κ1) is 14.9. The number of aliphatic hydroxyl groups excluding tert-OH is 1. The van der Waals surface area contributed by atoms with Crippen LogP contribution in [0.1, 0.15) is 37.7 Å². The number of methoxy groups -OCH3 is 1. The lowest BCUT2D eigenvalue weighted by atomic mass is 9.82. The van der Waals surface area contributed by atoms with Crippen LogP contribution >= 0.6 is 0 Å². The van der Waals surface area contributed by atoms with Gasteiger partial charge >= 0.3 is 0 Å². The smallest absolute Gasteiger partial charge is 0.224 e. The van der Waals surface area contributed by atoms with Crippen molar-refractivity contribution in [1.29, 1.82) is 0 Å². The van der Waals surface area contributed by atoms with Gasteiger partial charge in [-0.25, -0.2) is 0 Å². The minimum Gasteiger partial charge on any atom is -0.497 e. The lowest BCUT2D eigenvalue weighted by Gasteiger charge is -2.36. The predicted octanol–water partition coefficient (Wildman–Crippen LogP) is 2.05. The van der Waals surface area contributed by atoms with Crippen molar-refractivity contribution >= 4 is 5.91 Å². The van der Waals surface area contributed by atoms with Crippen molar-refractivity contribution < 1.29 is 14.6 Å². The van der Waals surface area contributed by atoms with Crippen LogP contribution in [0.3, 0.4) is 0 Å². The highest BCUT2D eigenvalue weighted by Gasteiger charge is 2.32. The summed E-state index contributed by atoms with van der Waals surface area (Å²) in [4.78, 5) is 12.2. The van der Waals surface area contributed by atoms with Gasteiger partial charge in [0, 0.05) is 0 Å². The molecule has 0 unspecified atom stereocenters. The second-order valence-electron chi connectivity index (χ2n) is 5.58. The molecule has 1 aliphatic rings. The molecule has 0 aliphatic heterocycles. The number of rotatable bonds is 5. The summed E-state index contributed by atoms with van der Waals surface area (Å²) in [5.41, 5.74) is 0.513. The maximum absolute atomic E-state index is 12.2. The molecule has 1 saturated carbocycles. The molecule has 0 heterocycles. The Kier molecular flexibility index (Phi) is 5.01. The molecule has 0 saturated heterocycles. The lowest BCUT2D eigenvalue weighted by molar-refractivity contribution is -0.123. The highest BCUT2D eigenvalue weighted by molar-refractivity contribution is 5.79. The van der Waals surface area contributed by atoms with Crippen LogP contribution in [0.4, 0.5) is 0 Å². The SMILES string of the molecule is COc1cccc(CC(=O)NC2(CO)CCCCC2)c1. The van der Waals surface area contributed by atoms with Crippen LogP contribution in [0.15, 0.2) is 24.3 Å². The lowest BCUT2D eigenvalue weighted by Crippen LogP contribution is -2.52. The molecule has 0 spiro atoms. The van der Waals surface area contributed by atoms with Crippen molar-refractivity contribution in [3.63, 3.8) is 0 Å². The summed E-state index contributed by atoms with van der Waals surface area (Å²) < 4.78 is 5.16. The van der Waals surface area contributed by atoms with Crippen LogP contribution in [0.5, 0.6) is 5.75 Å². The van der Waals surface area contributed by atoms with E-state index in [1.807, 2.05) is 24.3 Å². The molecule has 1 aromatic rings. The van der Waals surface area contributed by atoms with E-state index in [2.05, 4.69) is 5.32 Å². The number of amides is 1. The van der Waals surface area contributed by atoms with Gasteiger partial charge in [0.25, 0.3) is 0 Å². The Labute approximate surface area is 120 Å². The van der Waals surface area contributed by atoms with E-state index in [1.165, 1.54) is 6.42 Å². The van der Waals surface area contributed by atoms with Crippen molar-refractivity contribution in [3.8, 4) is 5.75 Å². The highest BCUT2D eigenvalue weighted by atomic mass is 16.5. The van der Waals surface area contributed by atoms with Crippen LogP contribution in [0, 0.1) is 0 Å². The molecule has 4 nitrogen and oxygen atoms in total. The third-order valence-electron chi connectivity index (χ3n) is 4.02. The molecule has 1 aliphatic carbocycles. The molecule has 2 rings (SSSR count). The van der Waals surface area contributed by atoms with Crippen LogP contribution in [-0.2, 0) is 11.2 Å². The molecule has 1 fully saturated rings. The van der Waals surface area contributed by atoms with Gasteiger partial charge < -0.3 is 15.2 Å². The zero-order valence-electron chi connectivity index (χ0n) is 12.0. The second-order valence-corrected chi connectivity index (χ2v) is 5.58. The zero-order valence-corrected chi connectivity index (χ0v) is 12.0. The first-order valence-electron chi connectivity index (χ1n) is 7.22. The van der Waals surface area contributed by atoms with Crippen molar-refractivity contribution in [2.45, 2.75) is 44.1 Å². The Morgan fingerprint density at radius 3 is 2.75 bits per heavy atom. The molecule has 0 aromatic heterocycles. The molecule has 1 amide bonds. The maximum atomic E-state index is 12.2. The van der Waals surface area contributed by atoms with Gasteiger partial charge in [-0.3, -0.25) is 4.79 Å². The predicted molar refractivity (Wildman–Crippen MR) is 77.7 cm³/mol. The standard InChI is InChI=1S/C16H23NO3/c1-20-14-7-5-6-13(10-14)11-15(19)17-16(12-18)8-3-2-4-9-16/h5-7,10,18H,2-4,8-9,11-12H2,1H3,(H,17,19). The summed E-state index contributed by atoms with van der Waals surface area (Å²) in [6.45, 7) is 0.0247. The first-order chi connectivity index (χ1) is 9.67. The number of hydrogen-bond acceptors (Lipinski definition) is 3. The van der Waals surface area contributed by atoms with E-state index in [9.17, 15) is 9.90 Å². The molecule has 1 aromatic carbocycles. The largest absolute Gasteiger partial charge is 0.497 e. The van der Waals surface area contributed by atoms with Crippen molar-refractivity contribution in [3.05, 3.63) is 29.8 Å². The fourth-order valence-electron chi connectivity index (χ4n) is 2.86. The van der Waals surface area contributed by atoms with Crippen LogP contribution in [0.25, 0.3) is 0 Å². The summed E-state index contributed by atoms with van der Waals surface area (Å²) in [6.07, 6.45) is 5.38. The molecule has 110 valence electrons. The topological polar surface area (TPSA) is 58.6 Å². The molecule has 4 heteroatoms. The first-order valence-corrected chi connectivity index (χ1v) is 7.22. The van der Waals surface area contributed by atoms with E-state index in [0.29, 0.717) is 6.42 Å². The van der Waals surface area contributed by atoms with Crippen molar-refractivity contribution in [2.24, 2.45) is 0 Å². The molecular formula is C16H23NO3. The van der Waals surface area contributed by atoms with Gasteiger partial charge in [-0.2, -0.15) is 0 Å². The van der Waals surface area contributed by atoms with Gasteiger partial charge in [0.05, 0.1) is 25.7 Å². The molecular weight excluding hydrogens is 254 g/mol. The van der Waals surface area contributed by atoms with Gasteiger partial charge in [0.1, 0.15) is 5.75 Å². The van der Waals surface area contributed by atoms with Gasteiger partial charge in [-0.05, 0) is 30.5 Å². The Hall–Kier alpha value is -1.55. The summed E-state index contributed by atoms with van der Waals surface area (Å²) in [5, 5.41) is 12.6. The van der Waals surface area contributed by atoms with Crippen molar-refractivity contribution in [1.82, 2.24) is 5.32 Å². The Morgan fingerprint density at radius 1 is 1.35 bits per heavy atom. The van der Waals surface area contributed by atoms with Gasteiger partial charge in [0.2, 0.25) is 5.91 Å². The fraction of sp³-hybridized carbons (Fsp3) is 0.562. The number of aliphatic hydroxyl groups is 1. The molecule has 2 N–H and O–H groups in total. The van der Waals surface area contributed by atoms with E-state index in [1.54, 1.807) is 7.11 Å². The van der Waals surface area contributed by atoms with E-state index in [0.717, 1.165) is 37.0 Å². The van der Waals surface area contributed by atoms with Gasteiger partial charge in [-0.15, -0.1) is 0 Å². The average Bonchev–Trinajstić information content (AvgIpc) is 2.48. The molecule has 20 heavy (non-hydrogen) atoms. The Balaban J connectivity index is 1.97. The number of benzene rings is 1. The minimum absolute atomic E-state index is 0.0247. The summed E-state index contributed by atoms with van der Waals surface area (Å²) in [7, 11) is 1.61. The number of ether oxygens (including phenoxy) is 1. The van der Waals surface area contributed by atoms with E-state index in [4.69, 9.17) is 4.74 Å². The van der Waals surface area contributed by atoms with Gasteiger partial charge in [0.15, 0.2) is 0 Å². The van der Waals surface area contributed by atoms with Crippen LogP contribution in [0.2, 0.25) is 0 Å². The summed E-state index contributed by atoms with van der Waals surface area (Å²) >= 11 is 0. The maximum Gasteiger partial charge on any atom is 0.224 e. The van der Waals surface area contributed by atoms with Crippen molar-refractivity contribution in [2.75, 3.05) is 13.7 Å². The summed E-state index contributed by atoms with van der Waals surface area (Å²) in [6, 6.07) is 7.52. The minimum atomic E-state index is -0.409. The third kappa shape index (κ3) is 3.73. The zero-order chi connectivity index (χ0) is 14.4. The number of nitrogens with one attached hydrogen (secondary N) is 1. The van der Waals surface area contributed by atoms with Crippen LogP contribution in [-0.4, -0.2) is 30.3 Å². The van der Waals surface area contributed by atoms with Gasteiger partial charge in [-0.1, -0.05) is 31.4 Å². The molecule has 0 bridgehead atoms. The Bertz CT molecular complexity index is 453. The number of hydrogen-bond donors (Lipinski definition) is 2. The van der Waals surface area contributed by atoms with Crippen LogP contribution < -0.4 is 10.1 Å². The van der Waals surface area contributed by atoms with E-state index < -0.39 is 5.54 Å². The molecule has 0 atom stereocenters. The summed E-state index contributed by atoms with van der Waals surface area (Å²) in [5.74, 6) is 0.721. The number of carbonyl (C=O) groups excluding carboxylic acids is 1. The average molecular weight is 277 g/mol.